The molecule has 1 heterocycles. The van der Waals surface area contributed by atoms with Crippen LogP contribution in [-0.2, 0) is 9.53 Å². The number of ether oxygens (including phenoxy) is 1. The van der Waals surface area contributed by atoms with E-state index in [2.05, 4.69) is 15.0 Å². The number of carbonyl (C=O) groups excluding carboxylic acids is 1. The number of esters is 1. The maximum Gasteiger partial charge on any atom is 0.316 e. The van der Waals surface area contributed by atoms with Gasteiger partial charge in [-0.1, -0.05) is 11.8 Å². The van der Waals surface area contributed by atoms with E-state index in [4.69, 9.17) is 16.3 Å². The van der Waals surface area contributed by atoms with Gasteiger partial charge in [-0.25, -0.2) is 0 Å². The van der Waals surface area contributed by atoms with Crippen LogP contribution in [-0.4, -0.2) is 45.4 Å². The first kappa shape index (κ1) is 18.0. The van der Waals surface area contributed by atoms with Gasteiger partial charge in [-0.05, 0) is 46.2 Å². The molecule has 0 spiro atoms. The molecule has 0 unspecified atom stereocenters. The molecule has 1 aromatic rings. The molecule has 0 aromatic carbocycles. The summed E-state index contributed by atoms with van der Waals surface area (Å²) in [6.07, 6.45) is 0. The molecule has 0 saturated heterocycles. The van der Waals surface area contributed by atoms with Crippen molar-refractivity contribution in [3.8, 4) is 0 Å². The Morgan fingerprint density at radius 2 is 1.86 bits per heavy atom. The lowest BCUT2D eigenvalue weighted by Gasteiger charge is -2.19. The van der Waals surface area contributed by atoms with Crippen LogP contribution in [0.1, 0.15) is 34.6 Å². The number of aromatic nitrogens is 3. The Morgan fingerprint density at radius 3 is 2.38 bits per heavy atom. The van der Waals surface area contributed by atoms with Crippen LogP contribution in [0.3, 0.4) is 0 Å². The van der Waals surface area contributed by atoms with Gasteiger partial charge in [0.25, 0.3) is 0 Å². The van der Waals surface area contributed by atoms with E-state index in [0.29, 0.717) is 11.1 Å². The van der Waals surface area contributed by atoms with Gasteiger partial charge in [0, 0.05) is 13.1 Å². The number of rotatable bonds is 6. The van der Waals surface area contributed by atoms with Crippen molar-refractivity contribution in [3.63, 3.8) is 0 Å². The summed E-state index contributed by atoms with van der Waals surface area (Å²) in [4.78, 5) is 26.1. The largest absolute Gasteiger partial charge is 0.459 e. The fourth-order valence-corrected chi connectivity index (χ4v) is 2.34. The second-order valence-corrected chi connectivity index (χ2v) is 6.51. The molecule has 6 nitrogen and oxygen atoms in total. The van der Waals surface area contributed by atoms with Gasteiger partial charge < -0.3 is 9.64 Å². The van der Waals surface area contributed by atoms with Crippen LogP contribution in [0.5, 0.6) is 0 Å². The third-order valence-electron chi connectivity index (χ3n) is 2.36. The molecule has 0 saturated carbocycles. The lowest BCUT2D eigenvalue weighted by Crippen LogP contribution is -2.25. The van der Waals surface area contributed by atoms with E-state index >= 15 is 0 Å². The zero-order chi connectivity index (χ0) is 16.0. The molecule has 1 rings (SSSR count). The highest BCUT2D eigenvalue weighted by molar-refractivity contribution is 7.99. The molecule has 0 aliphatic carbocycles. The van der Waals surface area contributed by atoms with Crippen LogP contribution in [0, 0.1) is 0 Å². The summed E-state index contributed by atoms with van der Waals surface area (Å²) in [5.74, 6) is 0.343. The summed E-state index contributed by atoms with van der Waals surface area (Å²) in [6, 6.07) is 0. The molecule has 0 atom stereocenters. The lowest BCUT2D eigenvalue weighted by molar-refractivity contribution is -0.151. The van der Waals surface area contributed by atoms with Gasteiger partial charge in [0.1, 0.15) is 5.60 Å². The molecule has 0 fully saturated rings. The predicted octanol–water partition coefficient (Wildman–Crippen LogP) is 2.81. The number of carbonyl (C=O) groups is 1. The molecule has 1 aromatic heterocycles. The normalized spacial score (nSPS) is 11.3. The van der Waals surface area contributed by atoms with Crippen LogP contribution in [0.4, 0.5) is 5.95 Å². The van der Waals surface area contributed by atoms with E-state index in [-0.39, 0.29) is 17.0 Å². The second-order valence-electron chi connectivity index (χ2n) is 5.23. The van der Waals surface area contributed by atoms with Crippen molar-refractivity contribution in [1.29, 1.82) is 0 Å². The molecular formula is C13H21ClN4O2S. The smallest absolute Gasteiger partial charge is 0.316 e. The van der Waals surface area contributed by atoms with Crippen molar-refractivity contribution in [2.24, 2.45) is 0 Å². The average molecular weight is 333 g/mol. The van der Waals surface area contributed by atoms with Crippen LogP contribution in [0.15, 0.2) is 5.16 Å². The molecular weight excluding hydrogens is 312 g/mol. The highest BCUT2D eigenvalue weighted by Crippen LogP contribution is 2.19. The number of halogens is 1. The van der Waals surface area contributed by atoms with Crippen LogP contribution in [0.25, 0.3) is 0 Å². The summed E-state index contributed by atoms with van der Waals surface area (Å²) in [5.41, 5.74) is -0.499. The Bertz CT molecular complexity index is 490. The first-order chi connectivity index (χ1) is 9.75. The Morgan fingerprint density at radius 1 is 1.24 bits per heavy atom. The van der Waals surface area contributed by atoms with Gasteiger partial charge in [0.05, 0.1) is 5.75 Å². The molecule has 0 bridgehead atoms. The van der Waals surface area contributed by atoms with Crippen molar-refractivity contribution in [3.05, 3.63) is 5.28 Å². The molecule has 0 radical (unpaired) electrons. The zero-order valence-electron chi connectivity index (χ0n) is 13.0. The Balaban J connectivity index is 2.73. The van der Waals surface area contributed by atoms with Gasteiger partial charge >= 0.3 is 5.97 Å². The first-order valence-corrected chi connectivity index (χ1v) is 8.12. The van der Waals surface area contributed by atoms with Crippen LogP contribution in [0.2, 0.25) is 5.28 Å². The minimum Gasteiger partial charge on any atom is -0.459 e. The van der Waals surface area contributed by atoms with E-state index in [1.54, 1.807) is 0 Å². The highest BCUT2D eigenvalue weighted by atomic mass is 35.5. The standard InChI is InChI=1S/C13H21ClN4O2S/c1-6-18(7-2)11-15-10(14)16-12(17-11)21-8-9(19)20-13(3,4)5/h6-8H2,1-5H3. The third-order valence-corrected chi connectivity index (χ3v) is 3.35. The third kappa shape index (κ3) is 6.48. The SMILES string of the molecule is CCN(CC)c1nc(Cl)nc(SCC(=O)OC(C)(C)C)n1. The van der Waals surface area contributed by atoms with Gasteiger partial charge in [-0.15, -0.1) is 0 Å². The maximum atomic E-state index is 11.7. The van der Waals surface area contributed by atoms with Crippen molar-refractivity contribution in [2.45, 2.75) is 45.4 Å². The molecule has 21 heavy (non-hydrogen) atoms. The minimum absolute atomic E-state index is 0.124. The van der Waals surface area contributed by atoms with Crippen molar-refractivity contribution < 1.29 is 9.53 Å². The summed E-state index contributed by atoms with van der Waals surface area (Å²) in [6.45, 7) is 11.0. The summed E-state index contributed by atoms with van der Waals surface area (Å²) >= 11 is 7.10. The fourth-order valence-electron chi connectivity index (χ4n) is 1.53. The number of hydrogen-bond acceptors (Lipinski definition) is 7. The second kappa shape index (κ2) is 7.79. The van der Waals surface area contributed by atoms with Gasteiger partial charge in [0.2, 0.25) is 11.2 Å². The van der Waals surface area contributed by atoms with Gasteiger partial charge in [-0.2, -0.15) is 15.0 Å². The predicted molar refractivity (Wildman–Crippen MR) is 85.0 cm³/mol. The zero-order valence-corrected chi connectivity index (χ0v) is 14.6. The maximum absolute atomic E-state index is 11.7. The van der Waals surface area contributed by atoms with Crippen LogP contribution >= 0.6 is 23.4 Å². The van der Waals surface area contributed by atoms with Crippen molar-refractivity contribution in [1.82, 2.24) is 15.0 Å². The number of hydrogen-bond donors (Lipinski definition) is 0. The van der Waals surface area contributed by atoms with Crippen molar-refractivity contribution in [2.75, 3.05) is 23.7 Å². The van der Waals surface area contributed by atoms with Gasteiger partial charge in [0.15, 0.2) is 5.16 Å². The summed E-state index contributed by atoms with van der Waals surface area (Å²) in [5, 5.41) is 0.543. The molecule has 0 N–H and O–H groups in total. The van der Waals surface area contributed by atoms with E-state index in [1.807, 2.05) is 39.5 Å². The quantitative estimate of drug-likeness (QED) is 0.586. The summed E-state index contributed by atoms with van der Waals surface area (Å²) in [7, 11) is 0. The molecule has 118 valence electrons. The fraction of sp³-hybridized carbons (Fsp3) is 0.692. The topological polar surface area (TPSA) is 68.2 Å². The first-order valence-electron chi connectivity index (χ1n) is 6.76. The van der Waals surface area contributed by atoms with E-state index < -0.39 is 5.60 Å². The van der Waals surface area contributed by atoms with E-state index in [9.17, 15) is 4.79 Å². The average Bonchev–Trinajstić information content (AvgIpc) is 2.35. The lowest BCUT2D eigenvalue weighted by atomic mass is 10.2. The van der Waals surface area contributed by atoms with E-state index in [0.717, 1.165) is 13.1 Å². The number of anilines is 1. The Hall–Kier alpha value is -1.08. The van der Waals surface area contributed by atoms with Crippen LogP contribution < -0.4 is 4.90 Å². The Kier molecular flexibility index (Phi) is 6.67. The molecule has 8 heteroatoms. The highest BCUT2D eigenvalue weighted by Gasteiger charge is 2.17. The van der Waals surface area contributed by atoms with Crippen molar-refractivity contribution >= 4 is 35.3 Å². The minimum atomic E-state index is -0.499. The monoisotopic (exact) mass is 332 g/mol. The van der Waals surface area contributed by atoms with Gasteiger partial charge in [-0.3, -0.25) is 4.79 Å². The number of thioether (sulfide) groups is 1. The molecule has 0 aliphatic heterocycles. The molecule has 0 aliphatic rings. The number of nitrogens with zero attached hydrogens (tertiary/aromatic N) is 4. The van der Waals surface area contributed by atoms with E-state index in [1.165, 1.54) is 11.8 Å². The summed E-state index contributed by atoms with van der Waals surface area (Å²) < 4.78 is 5.24. The molecule has 0 amide bonds. The Labute approximate surface area is 134 Å².